The highest BCUT2D eigenvalue weighted by molar-refractivity contribution is 5.95. The van der Waals surface area contributed by atoms with Gasteiger partial charge in [0.1, 0.15) is 11.2 Å². The lowest BCUT2D eigenvalue weighted by molar-refractivity contribution is -0.130. The van der Waals surface area contributed by atoms with Crippen molar-refractivity contribution in [2.45, 2.75) is 71.6 Å². The maximum Gasteiger partial charge on any atom is 0.344 e. The Labute approximate surface area is 164 Å². The van der Waals surface area contributed by atoms with Crippen molar-refractivity contribution in [2.75, 3.05) is 0 Å². The zero-order chi connectivity index (χ0) is 20.3. The maximum atomic E-state index is 12.8. The van der Waals surface area contributed by atoms with E-state index < -0.39 is 17.5 Å². The summed E-state index contributed by atoms with van der Waals surface area (Å²) < 4.78 is 7.05. The van der Waals surface area contributed by atoms with Gasteiger partial charge in [-0.2, -0.15) is 0 Å². The Bertz CT molecular complexity index is 945. The van der Waals surface area contributed by atoms with Gasteiger partial charge in [-0.15, -0.1) is 0 Å². The zero-order valence-electron chi connectivity index (χ0n) is 16.7. The summed E-state index contributed by atoms with van der Waals surface area (Å²) in [7, 11) is 0. The SMILES string of the molecule is CCn1cc(C(=O)O[C@H](C)C(=O)NC2CCCCC2)c(=O)c2ccc(C)nc21. The van der Waals surface area contributed by atoms with Gasteiger partial charge in [0.25, 0.3) is 5.91 Å². The Balaban J connectivity index is 1.79. The number of carbonyl (C=O) groups is 2. The molecule has 0 bridgehead atoms. The summed E-state index contributed by atoms with van der Waals surface area (Å²) in [5.41, 5.74) is 0.805. The maximum absolute atomic E-state index is 12.8. The Morgan fingerprint density at radius 2 is 2.00 bits per heavy atom. The van der Waals surface area contributed by atoms with Crippen molar-refractivity contribution in [3.63, 3.8) is 0 Å². The number of aromatic nitrogens is 2. The topological polar surface area (TPSA) is 90.3 Å². The lowest BCUT2D eigenvalue weighted by atomic mass is 9.95. The average molecular weight is 385 g/mol. The number of amides is 1. The summed E-state index contributed by atoms with van der Waals surface area (Å²) in [6.07, 6.45) is 5.79. The van der Waals surface area contributed by atoms with Crippen molar-refractivity contribution in [1.29, 1.82) is 0 Å². The second-order valence-electron chi connectivity index (χ2n) is 7.37. The highest BCUT2D eigenvalue weighted by Crippen LogP contribution is 2.18. The van der Waals surface area contributed by atoms with E-state index in [1.807, 2.05) is 13.8 Å². The number of rotatable bonds is 5. The Morgan fingerprint density at radius 3 is 2.68 bits per heavy atom. The minimum absolute atomic E-state index is 0.0858. The molecule has 3 rings (SSSR count). The second-order valence-corrected chi connectivity index (χ2v) is 7.37. The molecule has 0 unspecified atom stereocenters. The van der Waals surface area contributed by atoms with Crippen molar-refractivity contribution < 1.29 is 14.3 Å². The monoisotopic (exact) mass is 385 g/mol. The minimum Gasteiger partial charge on any atom is -0.449 e. The largest absolute Gasteiger partial charge is 0.449 e. The molecule has 2 aromatic heterocycles. The van der Waals surface area contributed by atoms with Gasteiger partial charge in [0, 0.05) is 24.5 Å². The third-order valence-electron chi connectivity index (χ3n) is 5.23. The Hall–Kier alpha value is -2.70. The fourth-order valence-corrected chi connectivity index (χ4v) is 3.59. The third-order valence-corrected chi connectivity index (χ3v) is 5.23. The van der Waals surface area contributed by atoms with Gasteiger partial charge < -0.3 is 14.6 Å². The molecule has 150 valence electrons. The van der Waals surface area contributed by atoms with Crippen LogP contribution in [0.4, 0.5) is 0 Å². The quantitative estimate of drug-likeness (QED) is 0.799. The molecule has 0 aliphatic heterocycles. The summed E-state index contributed by atoms with van der Waals surface area (Å²) in [6.45, 7) is 5.83. The van der Waals surface area contributed by atoms with Crippen molar-refractivity contribution in [3.8, 4) is 0 Å². The number of pyridine rings is 2. The van der Waals surface area contributed by atoms with Crippen LogP contribution in [0.5, 0.6) is 0 Å². The number of nitrogens with one attached hydrogen (secondary N) is 1. The van der Waals surface area contributed by atoms with Crippen LogP contribution in [0.15, 0.2) is 23.1 Å². The van der Waals surface area contributed by atoms with Crippen molar-refractivity contribution in [1.82, 2.24) is 14.9 Å². The Kier molecular flexibility index (Phi) is 6.11. The minimum atomic E-state index is -0.962. The zero-order valence-corrected chi connectivity index (χ0v) is 16.7. The number of fused-ring (bicyclic) bond motifs is 1. The normalized spacial score (nSPS) is 16.0. The summed E-state index contributed by atoms with van der Waals surface area (Å²) in [5, 5.41) is 3.30. The second kappa shape index (κ2) is 8.54. The van der Waals surface area contributed by atoms with Crippen LogP contribution in [0.2, 0.25) is 0 Å². The van der Waals surface area contributed by atoms with Crippen LogP contribution >= 0.6 is 0 Å². The molecule has 1 aliphatic rings. The van der Waals surface area contributed by atoms with E-state index in [2.05, 4.69) is 10.3 Å². The summed E-state index contributed by atoms with van der Waals surface area (Å²) in [5.74, 6) is -1.12. The molecular formula is C21H27N3O4. The van der Waals surface area contributed by atoms with Gasteiger partial charge in [0.15, 0.2) is 6.10 Å². The van der Waals surface area contributed by atoms with E-state index in [1.54, 1.807) is 16.7 Å². The molecule has 0 saturated heterocycles. The smallest absolute Gasteiger partial charge is 0.344 e. The number of carbonyl (C=O) groups excluding carboxylic acids is 2. The molecule has 28 heavy (non-hydrogen) atoms. The molecule has 2 heterocycles. The number of hydrogen-bond acceptors (Lipinski definition) is 5. The van der Waals surface area contributed by atoms with E-state index in [-0.39, 0.29) is 17.5 Å². The number of nitrogens with zero attached hydrogens (tertiary/aromatic N) is 2. The predicted molar refractivity (Wildman–Crippen MR) is 106 cm³/mol. The van der Waals surface area contributed by atoms with E-state index in [0.29, 0.717) is 17.6 Å². The molecule has 1 fully saturated rings. The first-order valence-corrected chi connectivity index (χ1v) is 9.93. The molecule has 1 aliphatic carbocycles. The molecule has 0 aromatic carbocycles. The van der Waals surface area contributed by atoms with Crippen LogP contribution in [-0.4, -0.2) is 33.6 Å². The molecule has 7 heteroatoms. The van der Waals surface area contributed by atoms with Gasteiger partial charge in [0.2, 0.25) is 5.43 Å². The summed E-state index contributed by atoms with van der Waals surface area (Å²) >= 11 is 0. The molecule has 0 radical (unpaired) electrons. The molecule has 2 aromatic rings. The van der Waals surface area contributed by atoms with E-state index >= 15 is 0 Å². The van der Waals surface area contributed by atoms with E-state index in [4.69, 9.17) is 4.74 Å². The van der Waals surface area contributed by atoms with Crippen LogP contribution in [0.25, 0.3) is 11.0 Å². The molecule has 1 amide bonds. The van der Waals surface area contributed by atoms with Gasteiger partial charge in [-0.05, 0) is 45.7 Å². The number of aryl methyl sites for hydroxylation is 2. The molecule has 1 atom stereocenters. The first kappa shape index (κ1) is 20.0. The van der Waals surface area contributed by atoms with E-state index in [0.717, 1.165) is 31.4 Å². The third kappa shape index (κ3) is 4.24. The van der Waals surface area contributed by atoms with Gasteiger partial charge in [-0.1, -0.05) is 19.3 Å². The number of ether oxygens (including phenoxy) is 1. The highest BCUT2D eigenvalue weighted by atomic mass is 16.5. The van der Waals surface area contributed by atoms with Crippen LogP contribution in [-0.2, 0) is 16.1 Å². The molecule has 1 N–H and O–H groups in total. The molecular weight excluding hydrogens is 358 g/mol. The van der Waals surface area contributed by atoms with Gasteiger partial charge in [-0.25, -0.2) is 9.78 Å². The standard InChI is InChI=1S/C21H27N3O4/c1-4-24-12-17(18(25)16-11-10-13(2)22-19(16)24)21(27)28-14(3)20(26)23-15-8-6-5-7-9-15/h10-12,14-15H,4-9H2,1-3H3,(H,23,26)/t14-/m1/s1. The first-order chi connectivity index (χ1) is 13.4. The van der Waals surface area contributed by atoms with Crippen LogP contribution < -0.4 is 10.7 Å². The fourth-order valence-electron chi connectivity index (χ4n) is 3.59. The number of hydrogen-bond donors (Lipinski definition) is 1. The van der Waals surface area contributed by atoms with Crippen molar-refractivity contribution in [2.24, 2.45) is 0 Å². The lowest BCUT2D eigenvalue weighted by Crippen LogP contribution is -2.43. The Morgan fingerprint density at radius 1 is 1.29 bits per heavy atom. The summed E-state index contributed by atoms with van der Waals surface area (Å²) in [4.78, 5) is 42.1. The summed E-state index contributed by atoms with van der Waals surface area (Å²) in [6, 6.07) is 3.54. The molecule has 7 nitrogen and oxygen atoms in total. The van der Waals surface area contributed by atoms with Gasteiger partial charge in [-0.3, -0.25) is 9.59 Å². The van der Waals surface area contributed by atoms with Gasteiger partial charge >= 0.3 is 5.97 Å². The van der Waals surface area contributed by atoms with Crippen LogP contribution in [0.3, 0.4) is 0 Å². The lowest BCUT2D eigenvalue weighted by Gasteiger charge is -2.24. The van der Waals surface area contributed by atoms with E-state index in [1.165, 1.54) is 19.5 Å². The average Bonchev–Trinajstić information content (AvgIpc) is 2.68. The van der Waals surface area contributed by atoms with E-state index in [9.17, 15) is 14.4 Å². The molecule has 1 saturated carbocycles. The first-order valence-electron chi connectivity index (χ1n) is 9.93. The predicted octanol–water partition coefficient (Wildman–Crippen LogP) is 2.72. The van der Waals surface area contributed by atoms with Gasteiger partial charge in [0.05, 0.1) is 5.39 Å². The highest BCUT2D eigenvalue weighted by Gasteiger charge is 2.25. The molecule has 0 spiro atoms. The van der Waals surface area contributed by atoms with Crippen molar-refractivity contribution in [3.05, 3.63) is 39.8 Å². The van der Waals surface area contributed by atoms with Crippen molar-refractivity contribution >= 4 is 22.9 Å². The fraction of sp³-hybridized carbons (Fsp3) is 0.524. The van der Waals surface area contributed by atoms with Crippen LogP contribution in [0.1, 0.15) is 62.0 Å². The number of esters is 1. The van der Waals surface area contributed by atoms with Crippen LogP contribution in [0, 0.1) is 6.92 Å².